The summed E-state index contributed by atoms with van der Waals surface area (Å²) in [7, 11) is 0. The fourth-order valence-electron chi connectivity index (χ4n) is 4.39. The van der Waals surface area contributed by atoms with E-state index in [9.17, 15) is 18.0 Å². The van der Waals surface area contributed by atoms with Gasteiger partial charge in [-0.25, -0.2) is 0 Å². The minimum Gasteiger partial charge on any atom is -0.406 e. The lowest BCUT2D eigenvalue weighted by molar-refractivity contribution is -0.274. The zero-order chi connectivity index (χ0) is 20.6. The van der Waals surface area contributed by atoms with Crippen LogP contribution in [0.4, 0.5) is 18.9 Å². The minimum absolute atomic E-state index is 0.0578. The second kappa shape index (κ2) is 7.22. The molecule has 1 unspecified atom stereocenters. The topological polar surface area (TPSA) is 32.8 Å². The minimum atomic E-state index is -4.74. The van der Waals surface area contributed by atoms with Crippen molar-refractivity contribution >= 4 is 11.6 Å². The van der Waals surface area contributed by atoms with Crippen LogP contribution in [0.3, 0.4) is 0 Å². The molecule has 2 aliphatic rings. The third-order valence-electron chi connectivity index (χ3n) is 5.73. The van der Waals surface area contributed by atoms with Crippen molar-refractivity contribution < 1.29 is 22.7 Å². The van der Waals surface area contributed by atoms with Crippen LogP contribution in [0.5, 0.6) is 5.75 Å². The first-order valence-corrected chi connectivity index (χ1v) is 9.38. The second-order valence-electron chi connectivity index (χ2n) is 7.55. The average Bonchev–Trinajstić information content (AvgIpc) is 3.16. The lowest BCUT2D eigenvalue weighted by atomic mass is 9.80. The molecule has 2 aromatic carbocycles. The molecule has 0 bridgehead atoms. The molecule has 2 saturated heterocycles. The van der Waals surface area contributed by atoms with Gasteiger partial charge in [0.2, 0.25) is 5.91 Å². The molecule has 0 N–H and O–H groups in total. The highest BCUT2D eigenvalue weighted by atomic mass is 19.4. The molecule has 1 amide bonds. The first-order valence-electron chi connectivity index (χ1n) is 9.38. The van der Waals surface area contributed by atoms with Crippen molar-refractivity contribution in [1.29, 1.82) is 0 Å². The molecular formula is C22H21F3N2O2. The molecule has 152 valence electrons. The predicted molar refractivity (Wildman–Crippen MR) is 103 cm³/mol. The lowest BCUT2D eigenvalue weighted by Gasteiger charge is -2.25. The van der Waals surface area contributed by atoms with Gasteiger partial charge < -0.3 is 9.64 Å². The van der Waals surface area contributed by atoms with Gasteiger partial charge in [-0.1, -0.05) is 36.4 Å². The highest BCUT2D eigenvalue weighted by Gasteiger charge is 2.57. The largest absolute Gasteiger partial charge is 0.573 e. The van der Waals surface area contributed by atoms with E-state index in [0.29, 0.717) is 18.8 Å². The van der Waals surface area contributed by atoms with E-state index in [2.05, 4.69) is 28.3 Å². The van der Waals surface area contributed by atoms with Crippen molar-refractivity contribution in [2.45, 2.75) is 12.9 Å². The van der Waals surface area contributed by atoms with Crippen LogP contribution in [0, 0.1) is 11.3 Å². The molecule has 2 heterocycles. The van der Waals surface area contributed by atoms with E-state index in [1.807, 2.05) is 18.2 Å². The van der Waals surface area contributed by atoms with E-state index in [0.717, 1.165) is 13.1 Å². The third kappa shape index (κ3) is 3.74. The highest BCUT2D eigenvalue weighted by molar-refractivity contribution is 6.02. The quantitative estimate of drug-likeness (QED) is 0.702. The van der Waals surface area contributed by atoms with Gasteiger partial charge in [0.05, 0.1) is 5.41 Å². The maximum absolute atomic E-state index is 13.3. The van der Waals surface area contributed by atoms with E-state index in [4.69, 9.17) is 0 Å². The number of carbonyl (C=O) groups is 1. The summed E-state index contributed by atoms with van der Waals surface area (Å²) < 4.78 is 40.9. The number of anilines is 1. The van der Waals surface area contributed by atoms with Crippen LogP contribution in [-0.2, 0) is 11.3 Å². The molecular weight excluding hydrogens is 381 g/mol. The maximum atomic E-state index is 13.3. The summed E-state index contributed by atoms with van der Waals surface area (Å²) in [5, 5.41) is 0. The standard InChI is InChI=1S/C22H21F3N2O2/c1-2-21-15-26(12-16-6-4-3-5-7-16)13-17(21)14-27(20(21)28)18-8-10-19(11-9-18)29-22(23,24)25/h2-11,17H,1,12-15H2/t17-,21?/m1/s1. The summed E-state index contributed by atoms with van der Waals surface area (Å²) in [5.74, 6) is -0.277. The smallest absolute Gasteiger partial charge is 0.406 e. The molecule has 2 atom stereocenters. The Labute approximate surface area is 167 Å². The zero-order valence-corrected chi connectivity index (χ0v) is 15.7. The molecule has 4 rings (SSSR count). The molecule has 4 nitrogen and oxygen atoms in total. The molecule has 2 aromatic rings. The van der Waals surface area contributed by atoms with Gasteiger partial charge in [-0.2, -0.15) is 0 Å². The number of hydrogen-bond acceptors (Lipinski definition) is 3. The monoisotopic (exact) mass is 402 g/mol. The summed E-state index contributed by atoms with van der Waals surface area (Å²) >= 11 is 0. The number of rotatable bonds is 5. The number of halogens is 3. The number of amides is 1. The summed E-state index contributed by atoms with van der Waals surface area (Å²) in [6.07, 6.45) is -3.00. The Hall–Kier alpha value is -2.80. The molecule has 7 heteroatoms. The second-order valence-corrected chi connectivity index (χ2v) is 7.55. The van der Waals surface area contributed by atoms with Crippen LogP contribution >= 0.6 is 0 Å². The average molecular weight is 402 g/mol. The van der Waals surface area contributed by atoms with Crippen LogP contribution in [0.15, 0.2) is 67.3 Å². The van der Waals surface area contributed by atoms with Gasteiger partial charge in [0, 0.05) is 37.8 Å². The summed E-state index contributed by atoms with van der Waals surface area (Å²) in [6, 6.07) is 15.5. The molecule has 0 spiro atoms. The van der Waals surface area contributed by atoms with E-state index < -0.39 is 11.8 Å². The SMILES string of the molecule is C=CC12CN(Cc3ccccc3)C[C@@H]1CN(c1ccc(OC(F)(F)F)cc1)C2=O. The van der Waals surface area contributed by atoms with Crippen LogP contribution in [0.2, 0.25) is 0 Å². The van der Waals surface area contributed by atoms with Crippen LogP contribution in [-0.4, -0.2) is 36.8 Å². The maximum Gasteiger partial charge on any atom is 0.573 e. The molecule has 0 saturated carbocycles. The van der Waals surface area contributed by atoms with Crippen molar-refractivity contribution in [3.05, 3.63) is 72.8 Å². The van der Waals surface area contributed by atoms with Crippen LogP contribution in [0.1, 0.15) is 5.56 Å². The van der Waals surface area contributed by atoms with Crippen molar-refractivity contribution in [2.24, 2.45) is 11.3 Å². The van der Waals surface area contributed by atoms with Crippen LogP contribution in [0.25, 0.3) is 0 Å². The molecule has 0 radical (unpaired) electrons. The number of nitrogens with zero attached hydrogens (tertiary/aromatic N) is 2. The van der Waals surface area contributed by atoms with E-state index in [-0.39, 0.29) is 17.6 Å². The lowest BCUT2D eigenvalue weighted by Crippen LogP contribution is -2.38. The van der Waals surface area contributed by atoms with Crippen LogP contribution < -0.4 is 9.64 Å². The number of alkyl halides is 3. The Balaban J connectivity index is 1.49. The fourth-order valence-corrected chi connectivity index (χ4v) is 4.39. The van der Waals surface area contributed by atoms with Gasteiger partial charge in [-0.15, -0.1) is 19.8 Å². The van der Waals surface area contributed by atoms with E-state index >= 15 is 0 Å². The number of carbonyl (C=O) groups excluding carboxylic acids is 1. The number of likely N-dealkylation sites (tertiary alicyclic amines) is 1. The van der Waals surface area contributed by atoms with E-state index in [1.54, 1.807) is 11.0 Å². The molecule has 2 aliphatic heterocycles. The molecule has 0 aliphatic carbocycles. The van der Waals surface area contributed by atoms with Crippen molar-refractivity contribution in [1.82, 2.24) is 4.90 Å². The first kappa shape index (κ1) is 19.5. The fraction of sp³-hybridized carbons (Fsp3) is 0.318. The number of hydrogen-bond donors (Lipinski definition) is 0. The van der Waals surface area contributed by atoms with E-state index in [1.165, 1.54) is 29.8 Å². The summed E-state index contributed by atoms with van der Waals surface area (Å²) in [6.45, 7) is 6.55. The number of ether oxygens (including phenoxy) is 1. The Morgan fingerprint density at radius 1 is 1.10 bits per heavy atom. The zero-order valence-electron chi connectivity index (χ0n) is 15.7. The Bertz CT molecular complexity index is 899. The van der Waals surface area contributed by atoms with Crippen molar-refractivity contribution in [2.75, 3.05) is 24.5 Å². The molecule has 0 aromatic heterocycles. The first-order chi connectivity index (χ1) is 13.8. The van der Waals surface area contributed by atoms with Gasteiger partial charge in [0.15, 0.2) is 0 Å². The summed E-state index contributed by atoms with van der Waals surface area (Å²) in [4.78, 5) is 17.2. The Morgan fingerprint density at radius 3 is 2.38 bits per heavy atom. The molecule has 29 heavy (non-hydrogen) atoms. The van der Waals surface area contributed by atoms with Gasteiger partial charge >= 0.3 is 6.36 Å². The number of benzene rings is 2. The van der Waals surface area contributed by atoms with Gasteiger partial charge in [-0.05, 0) is 29.8 Å². The Morgan fingerprint density at radius 2 is 1.79 bits per heavy atom. The third-order valence-corrected chi connectivity index (χ3v) is 5.73. The van der Waals surface area contributed by atoms with Gasteiger partial charge in [0.25, 0.3) is 0 Å². The summed E-state index contributed by atoms with van der Waals surface area (Å²) in [5.41, 5.74) is 1.08. The number of fused-ring (bicyclic) bond motifs is 1. The highest BCUT2D eigenvalue weighted by Crippen LogP contribution is 2.46. The predicted octanol–water partition coefficient (Wildman–Crippen LogP) is 4.24. The van der Waals surface area contributed by atoms with Gasteiger partial charge in [-0.3, -0.25) is 9.69 Å². The Kier molecular flexibility index (Phi) is 4.86. The van der Waals surface area contributed by atoms with Gasteiger partial charge in [0.1, 0.15) is 5.75 Å². The van der Waals surface area contributed by atoms with Crippen molar-refractivity contribution in [3.63, 3.8) is 0 Å². The van der Waals surface area contributed by atoms with Crippen molar-refractivity contribution in [3.8, 4) is 5.75 Å². The normalized spacial score (nSPS) is 24.6. The molecule has 2 fully saturated rings.